The molecular formula is C19H22F2N2O4. The lowest BCUT2D eigenvalue weighted by Crippen LogP contribution is -2.36. The molecule has 2 amide bonds. The molecule has 0 saturated heterocycles. The Labute approximate surface area is 156 Å². The van der Waals surface area contributed by atoms with Crippen molar-refractivity contribution in [3.63, 3.8) is 0 Å². The summed E-state index contributed by atoms with van der Waals surface area (Å²) >= 11 is 0. The molecule has 2 N–H and O–H groups in total. The fraction of sp³-hybridized carbons (Fsp3) is 0.316. The Balaban J connectivity index is 2.00. The lowest BCUT2D eigenvalue weighted by Gasteiger charge is -2.19. The number of ether oxygens (including phenoxy) is 3. The first kappa shape index (κ1) is 20.3. The third-order valence-corrected chi connectivity index (χ3v) is 3.88. The van der Waals surface area contributed by atoms with Crippen molar-refractivity contribution in [2.24, 2.45) is 0 Å². The van der Waals surface area contributed by atoms with Crippen LogP contribution in [-0.2, 0) is 6.54 Å². The summed E-state index contributed by atoms with van der Waals surface area (Å²) in [5, 5.41) is 5.41. The predicted molar refractivity (Wildman–Crippen MR) is 96.4 cm³/mol. The minimum Gasteiger partial charge on any atom is -0.497 e. The topological polar surface area (TPSA) is 68.8 Å². The minimum atomic E-state index is -2.93. The maximum atomic E-state index is 12.4. The molecule has 0 heterocycles. The van der Waals surface area contributed by atoms with Crippen LogP contribution in [0.15, 0.2) is 42.5 Å². The van der Waals surface area contributed by atoms with E-state index in [2.05, 4.69) is 15.4 Å². The summed E-state index contributed by atoms with van der Waals surface area (Å²) in [5.41, 5.74) is 1.19. The number of methoxy groups -OCH3 is 2. The molecular weight excluding hydrogens is 358 g/mol. The number of carbonyl (C=O) groups is 1. The number of hydrogen-bond acceptors (Lipinski definition) is 4. The van der Waals surface area contributed by atoms with Crippen LogP contribution in [0.1, 0.15) is 24.1 Å². The average Bonchev–Trinajstić information content (AvgIpc) is 2.66. The zero-order chi connectivity index (χ0) is 19.8. The van der Waals surface area contributed by atoms with E-state index in [0.717, 1.165) is 5.56 Å². The van der Waals surface area contributed by atoms with Crippen LogP contribution in [0.2, 0.25) is 0 Å². The highest BCUT2D eigenvalue weighted by atomic mass is 19.3. The Hall–Kier alpha value is -3.03. The predicted octanol–water partition coefficient (Wildman–Crippen LogP) is 3.87. The number of para-hydroxylation sites is 1. The second kappa shape index (κ2) is 9.61. The maximum Gasteiger partial charge on any atom is 0.387 e. The Morgan fingerprint density at radius 2 is 1.81 bits per heavy atom. The maximum absolute atomic E-state index is 12.4. The zero-order valence-electron chi connectivity index (χ0n) is 15.3. The van der Waals surface area contributed by atoms with Crippen molar-refractivity contribution >= 4 is 6.03 Å². The molecule has 0 aromatic heterocycles. The Morgan fingerprint density at radius 1 is 1.07 bits per heavy atom. The van der Waals surface area contributed by atoms with E-state index in [0.29, 0.717) is 17.1 Å². The van der Waals surface area contributed by atoms with Gasteiger partial charge < -0.3 is 24.8 Å². The average molecular weight is 380 g/mol. The fourth-order valence-corrected chi connectivity index (χ4v) is 2.54. The highest BCUT2D eigenvalue weighted by Gasteiger charge is 2.16. The number of nitrogens with one attached hydrogen (secondary N) is 2. The first-order valence-electron chi connectivity index (χ1n) is 8.23. The smallest absolute Gasteiger partial charge is 0.387 e. The molecule has 2 aromatic carbocycles. The van der Waals surface area contributed by atoms with Gasteiger partial charge in [-0.2, -0.15) is 8.78 Å². The number of rotatable bonds is 8. The molecule has 0 aliphatic rings. The fourth-order valence-electron chi connectivity index (χ4n) is 2.54. The van der Waals surface area contributed by atoms with E-state index >= 15 is 0 Å². The molecule has 0 fully saturated rings. The van der Waals surface area contributed by atoms with E-state index in [-0.39, 0.29) is 18.3 Å². The number of carbonyl (C=O) groups excluding carboxylic acids is 1. The van der Waals surface area contributed by atoms with E-state index in [9.17, 15) is 13.6 Å². The first-order valence-corrected chi connectivity index (χ1v) is 8.23. The molecule has 0 bridgehead atoms. The Kier molecular flexibility index (Phi) is 7.22. The summed E-state index contributed by atoms with van der Waals surface area (Å²) < 4.78 is 39.9. The molecule has 0 saturated carbocycles. The second-order valence-corrected chi connectivity index (χ2v) is 5.64. The molecule has 8 heteroatoms. The van der Waals surface area contributed by atoms with Gasteiger partial charge in [0.05, 0.1) is 20.3 Å². The third-order valence-electron chi connectivity index (χ3n) is 3.88. The largest absolute Gasteiger partial charge is 0.497 e. The van der Waals surface area contributed by atoms with E-state index < -0.39 is 12.6 Å². The number of amides is 2. The lowest BCUT2D eigenvalue weighted by atomic mass is 10.1. The van der Waals surface area contributed by atoms with Crippen LogP contribution in [0.3, 0.4) is 0 Å². The van der Waals surface area contributed by atoms with Gasteiger partial charge in [0.2, 0.25) is 0 Å². The molecule has 146 valence electrons. The number of alkyl halides is 2. The van der Waals surface area contributed by atoms with Crippen LogP contribution in [0.25, 0.3) is 0 Å². The van der Waals surface area contributed by atoms with Crippen molar-refractivity contribution in [1.29, 1.82) is 0 Å². The van der Waals surface area contributed by atoms with E-state index in [1.54, 1.807) is 50.4 Å². The lowest BCUT2D eigenvalue weighted by molar-refractivity contribution is -0.0504. The highest BCUT2D eigenvalue weighted by Crippen LogP contribution is 2.29. The van der Waals surface area contributed by atoms with E-state index in [1.807, 2.05) is 0 Å². The van der Waals surface area contributed by atoms with Crippen LogP contribution >= 0.6 is 0 Å². The van der Waals surface area contributed by atoms with Gasteiger partial charge in [0.25, 0.3) is 0 Å². The highest BCUT2D eigenvalue weighted by molar-refractivity contribution is 5.74. The third kappa shape index (κ3) is 5.73. The molecule has 2 aromatic rings. The van der Waals surface area contributed by atoms with Gasteiger partial charge in [-0.05, 0) is 31.2 Å². The second-order valence-electron chi connectivity index (χ2n) is 5.64. The van der Waals surface area contributed by atoms with Gasteiger partial charge in [0, 0.05) is 17.7 Å². The normalized spacial score (nSPS) is 11.6. The molecule has 27 heavy (non-hydrogen) atoms. The van der Waals surface area contributed by atoms with Crippen LogP contribution in [0, 0.1) is 0 Å². The molecule has 2 rings (SSSR count). The number of hydrogen-bond donors (Lipinski definition) is 2. The van der Waals surface area contributed by atoms with Gasteiger partial charge in [-0.3, -0.25) is 0 Å². The van der Waals surface area contributed by atoms with Crippen LogP contribution in [0.5, 0.6) is 17.2 Å². The minimum absolute atomic E-state index is 0.0234. The SMILES string of the molecule is COc1ccc(OC)c([C@@H](C)NC(=O)NCc2ccccc2OC(F)F)c1. The van der Waals surface area contributed by atoms with Crippen LogP contribution in [0.4, 0.5) is 13.6 Å². The monoisotopic (exact) mass is 380 g/mol. The van der Waals surface area contributed by atoms with E-state index in [1.165, 1.54) is 13.2 Å². The van der Waals surface area contributed by atoms with E-state index in [4.69, 9.17) is 9.47 Å². The Bertz CT molecular complexity index is 771. The van der Waals surface area contributed by atoms with Crippen LogP contribution in [-0.4, -0.2) is 26.9 Å². The number of urea groups is 1. The number of halogens is 2. The summed E-state index contributed by atoms with van der Waals surface area (Å²) in [4.78, 5) is 12.2. The first-order chi connectivity index (χ1) is 12.9. The quantitative estimate of drug-likeness (QED) is 0.730. The van der Waals surface area contributed by atoms with Gasteiger partial charge in [-0.25, -0.2) is 4.79 Å². The van der Waals surface area contributed by atoms with Gasteiger partial charge in [0.15, 0.2) is 0 Å². The van der Waals surface area contributed by atoms with Crippen molar-refractivity contribution in [3.8, 4) is 17.2 Å². The zero-order valence-corrected chi connectivity index (χ0v) is 15.3. The van der Waals surface area contributed by atoms with Gasteiger partial charge in [-0.15, -0.1) is 0 Å². The standard InChI is InChI=1S/C19H22F2N2O4/c1-12(15-10-14(25-2)8-9-17(15)26-3)23-19(24)22-11-13-6-4-5-7-16(13)27-18(20)21/h4-10,12,18H,11H2,1-3H3,(H2,22,23,24)/t12-/m1/s1. The number of benzene rings is 2. The van der Waals surface area contributed by atoms with Crippen molar-refractivity contribution in [3.05, 3.63) is 53.6 Å². The van der Waals surface area contributed by atoms with Gasteiger partial charge >= 0.3 is 12.6 Å². The summed E-state index contributed by atoms with van der Waals surface area (Å²) in [5.74, 6) is 1.27. The summed E-state index contributed by atoms with van der Waals surface area (Å²) in [6, 6.07) is 10.7. The van der Waals surface area contributed by atoms with Crippen molar-refractivity contribution in [2.75, 3.05) is 14.2 Å². The Morgan fingerprint density at radius 3 is 2.48 bits per heavy atom. The van der Waals surface area contributed by atoms with Gasteiger partial charge in [0.1, 0.15) is 17.2 Å². The summed E-state index contributed by atoms with van der Waals surface area (Å²) in [6.07, 6.45) is 0. The van der Waals surface area contributed by atoms with Crippen molar-refractivity contribution in [2.45, 2.75) is 26.1 Å². The molecule has 0 unspecified atom stereocenters. The summed E-state index contributed by atoms with van der Waals surface area (Å²) in [6.45, 7) is -1.10. The molecule has 0 radical (unpaired) electrons. The molecule has 0 spiro atoms. The molecule has 6 nitrogen and oxygen atoms in total. The molecule has 1 atom stereocenters. The summed E-state index contributed by atoms with van der Waals surface area (Å²) in [7, 11) is 3.09. The van der Waals surface area contributed by atoms with Crippen LogP contribution < -0.4 is 24.8 Å². The van der Waals surface area contributed by atoms with Crippen molar-refractivity contribution < 1.29 is 27.8 Å². The van der Waals surface area contributed by atoms with Gasteiger partial charge in [-0.1, -0.05) is 18.2 Å². The molecule has 0 aliphatic heterocycles. The van der Waals surface area contributed by atoms with Crippen molar-refractivity contribution in [1.82, 2.24) is 10.6 Å². The molecule has 0 aliphatic carbocycles.